The maximum absolute atomic E-state index is 13.3. The third-order valence-corrected chi connectivity index (χ3v) is 7.88. The number of amides is 1. The Morgan fingerprint density at radius 1 is 1.35 bits per heavy atom. The molecule has 0 radical (unpaired) electrons. The zero-order chi connectivity index (χ0) is 19.1. The maximum Gasteiger partial charge on any atom is 0.341 e. The average molecular weight is 380 g/mol. The third-order valence-electron chi connectivity index (χ3n) is 6.76. The zero-order valence-electron chi connectivity index (χ0n) is 16.4. The Morgan fingerprint density at radius 2 is 2.08 bits per heavy atom. The number of anilines is 1. The van der Waals surface area contributed by atoms with E-state index in [0.717, 1.165) is 23.3 Å². The topological polar surface area (TPSA) is 64.6 Å². The smallest absolute Gasteiger partial charge is 0.341 e. The Hall–Kier alpha value is -1.40. The molecule has 6 heteroatoms. The average Bonchev–Trinajstić information content (AvgIpc) is 3.05. The number of hydrogen-bond acceptors (Lipinski definition) is 5. The predicted molar refractivity (Wildman–Crippen MR) is 103 cm³/mol. The van der Waals surface area contributed by atoms with Gasteiger partial charge in [-0.25, -0.2) is 4.79 Å². The second kappa shape index (κ2) is 6.97. The first-order valence-corrected chi connectivity index (χ1v) is 10.2. The number of thiophene rings is 1. The van der Waals surface area contributed by atoms with Crippen molar-refractivity contribution in [1.82, 2.24) is 0 Å². The third kappa shape index (κ3) is 2.97. The maximum atomic E-state index is 13.3. The van der Waals surface area contributed by atoms with Gasteiger partial charge in [-0.2, -0.15) is 0 Å². The van der Waals surface area contributed by atoms with Gasteiger partial charge in [-0.3, -0.25) is 4.79 Å². The fourth-order valence-electron chi connectivity index (χ4n) is 4.12. The van der Waals surface area contributed by atoms with Gasteiger partial charge in [0.25, 0.3) is 0 Å². The molecule has 2 heterocycles. The molecule has 1 aromatic heterocycles. The van der Waals surface area contributed by atoms with Crippen LogP contribution < -0.4 is 5.32 Å². The predicted octanol–water partition coefficient (Wildman–Crippen LogP) is 4.40. The van der Waals surface area contributed by atoms with Crippen LogP contribution in [-0.4, -0.2) is 25.1 Å². The fourth-order valence-corrected chi connectivity index (χ4v) is 5.29. The molecule has 1 aliphatic heterocycles. The summed E-state index contributed by atoms with van der Waals surface area (Å²) in [5.41, 5.74) is 0.940. The molecule has 1 amide bonds. The molecule has 1 aliphatic carbocycles. The Morgan fingerprint density at radius 3 is 2.69 bits per heavy atom. The summed E-state index contributed by atoms with van der Waals surface area (Å²) >= 11 is 1.45. The Balaban J connectivity index is 1.93. The number of rotatable bonds is 4. The minimum atomic E-state index is -0.459. The lowest BCUT2D eigenvalue weighted by Gasteiger charge is -2.39. The molecule has 0 saturated heterocycles. The first kappa shape index (κ1) is 19.4. The summed E-state index contributed by atoms with van der Waals surface area (Å²) in [7, 11) is 0. The molecule has 0 aromatic carbocycles. The van der Waals surface area contributed by atoms with Crippen molar-refractivity contribution < 1.29 is 19.1 Å². The van der Waals surface area contributed by atoms with Gasteiger partial charge in [0.2, 0.25) is 5.91 Å². The molecule has 26 heavy (non-hydrogen) atoms. The Bertz CT molecular complexity index is 724. The van der Waals surface area contributed by atoms with E-state index in [1.54, 1.807) is 6.92 Å². The molecular weight excluding hydrogens is 350 g/mol. The number of carbonyl (C=O) groups excluding carboxylic acids is 2. The van der Waals surface area contributed by atoms with Gasteiger partial charge in [-0.1, -0.05) is 27.7 Å². The van der Waals surface area contributed by atoms with Gasteiger partial charge in [0, 0.05) is 4.88 Å². The van der Waals surface area contributed by atoms with Crippen LogP contribution in [0.1, 0.15) is 68.3 Å². The monoisotopic (exact) mass is 379 g/mol. The highest BCUT2D eigenvalue weighted by atomic mass is 32.1. The molecule has 144 valence electrons. The Kier molecular flexibility index (Phi) is 5.19. The van der Waals surface area contributed by atoms with E-state index in [9.17, 15) is 9.59 Å². The second-order valence-corrected chi connectivity index (χ2v) is 9.28. The van der Waals surface area contributed by atoms with Crippen LogP contribution in [0.2, 0.25) is 0 Å². The molecule has 1 N–H and O–H groups in total. The summed E-state index contributed by atoms with van der Waals surface area (Å²) < 4.78 is 10.8. The van der Waals surface area contributed by atoms with Crippen LogP contribution >= 0.6 is 11.3 Å². The normalized spacial score (nSPS) is 27.0. The van der Waals surface area contributed by atoms with Crippen LogP contribution in [0.5, 0.6) is 0 Å². The minimum Gasteiger partial charge on any atom is -0.462 e. The van der Waals surface area contributed by atoms with Crippen LogP contribution in [0, 0.1) is 16.7 Å². The van der Waals surface area contributed by atoms with Crippen molar-refractivity contribution in [3.05, 3.63) is 16.0 Å². The van der Waals surface area contributed by atoms with Crippen LogP contribution in [0.25, 0.3) is 0 Å². The number of esters is 1. The Labute approximate surface area is 159 Å². The molecule has 0 spiro atoms. The van der Waals surface area contributed by atoms with Gasteiger partial charge in [-0.05, 0) is 43.1 Å². The van der Waals surface area contributed by atoms with E-state index in [4.69, 9.17) is 9.47 Å². The van der Waals surface area contributed by atoms with E-state index >= 15 is 0 Å². The SMILES string of the molecule is CCOC(=O)c1c(NC(=O)C2(C)CCC(C)C2(C)C)sc2c1CCOC2. The quantitative estimate of drug-likeness (QED) is 0.788. The van der Waals surface area contributed by atoms with Gasteiger partial charge in [0.05, 0.1) is 30.8 Å². The van der Waals surface area contributed by atoms with Gasteiger partial charge < -0.3 is 14.8 Å². The fraction of sp³-hybridized carbons (Fsp3) is 0.700. The molecular formula is C20H29NO4S. The van der Waals surface area contributed by atoms with E-state index < -0.39 is 5.41 Å². The second-order valence-electron chi connectivity index (χ2n) is 8.18. The van der Waals surface area contributed by atoms with Crippen LogP contribution in [0.4, 0.5) is 5.00 Å². The van der Waals surface area contributed by atoms with E-state index in [1.165, 1.54) is 11.3 Å². The summed E-state index contributed by atoms with van der Waals surface area (Å²) in [5.74, 6) is 0.121. The summed E-state index contributed by atoms with van der Waals surface area (Å²) in [6.07, 6.45) is 2.57. The van der Waals surface area contributed by atoms with Crippen molar-refractivity contribution in [1.29, 1.82) is 0 Å². The van der Waals surface area contributed by atoms with E-state index in [-0.39, 0.29) is 17.3 Å². The van der Waals surface area contributed by atoms with Gasteiger partial charge in [-0.15, -0.1) is 11.3 Å². The molecule has 2 unspecified atom stereocenters. The summed E-state index contributed by atoms with van der Waals surface area (Å²) in [6, 6.07) is 0. The van der Waals surface area contributed by atoms with Crippen molar-refractivity contribution >= 4 is 28.2 Å². The molecule has 2 aliphatic rings. The number of carbonyl (C=O) groups is 2. The summed E-state index contributed by atoms with van der Waals surface area (Å²) in [5, 5.41) is 3.70. The minimum absolute atomic E-state index is 0.00286. The largest absolute Gasteiger partial charge is 0.462 e. The lowest BCUT2D eigenvalue weighted by Crippen LogP contribution is -2.43. The number of fused-ring (bicyclic) bond motifs is 1. The summed E-state index contributed by atoms with van der Waals surface area (Å²) in [4.78, 5) is 26.8. The summed E-state index contributed by atoms with van der Waals surface area (Å²) in [6.45, 7) is 11.8. The van der Waals surface area contributed by atoms with Crippen molar-refractivity contribution in [2.75, 3.05) is 18.5 Å². The lowest BCUT2D eigenvalue weighted by atomic mass is 9.65. The number of nitrogens with one attached hydrogen (secondary N) is 1. The molecule has 3 rings (SSSR count). The van der Waals surface area contributed by atoms with Crippen LogP contribution in [0.15, 0.2) is 0 Å². The van der Waals surface area contributed by atoms with Crippen LogP contribution in [0.3, 0.4) is 0 Å². The van der Waals surface area contributed by atoms with E-state index in [0.29, 0.717) is 42.7 Å². The molecule has 2 atom stereocenters. The van der Waals surface area contributed by atoms with Crippen molar-refractivity contribution in [2.24, 2.45) is 16.7 Å². The first-order chi connectivity index (χ1) is 12.2. The molecule has 1 fully saturated rings. The van der Waals surface area contributed by atoms with E-state index in [1.807, 2.05) is 6.92 Å². The first-order valence-electron chi connectivity index (χ1n) is 9.43. The molecule has 0 bridgehead atoms. The molecule has 1 saturated carbocycles. The van der Waals surface area contributed by atoms with Gasteiger partial charge >= 0.3 is 5.97 Å². The van der Waals surface area contributed by atoms with Crippen LogP contribution in [-0.2, 0) is 27.3 Å². The molecule has 1 aromatic rings. The van der Waals surface area contributed by atoms with Crippen molar-refractivity contribution in [2.45, 2.75) is 60.5 Å². The van der Waals surface area contributed by atoms with Gasteiger partial charge in [0.1, 0.15) is 5.00 Å². The zero-order valence-corrected chi connectivity index (χ0v) is 17.2. The lowest BCUT2D eigenvalue weighted by molar-refractivity contribution is -0.130. The van der Waals surface area contributed by atoms with Crippen molar-refractivity contribution in [3.8, 4) is 0 Å². The highest BCUT2D eigenvalue weighted by Gasteiger charge is 2.54. The molecule has 5 nitrogen and oxygen atoms in total. The standard InChI is InChI=1S/C20H29NO4S/c1-6-25-17(22)15-13-8-10-24-11-14(13)26-16(15)21-18(23)20(5)9-7-12(2)19(20,3)4/h12H,6-11H2,1-5H3,(H,21,23). The van der Waals surface area contributed by atoms with Gasteiger partial charge in [0.15, 0.2) is 0 Å². The highest BCUT2D eigenvalue weighted by Crippen LogP contribution is 2.56. The van der Waals surface area contributed by atoms with E-state index in [2.05, 4.69) is 26.1 Å². The number of hydrogen-bond donors (Lipinski definition) is 1. The number of ether oxygens (including phenoxy) is 2. The highest BCUT2D eigenvalue weighted by molar-refractivity contribution is 7.17. The van der Waals surface area contributed by atoms with Crippen molar-refractivity contribution in [3.63, 3.8) is 0 Å².